The average molecular weight is 276 g/mol. The monoisotopic (exact) mass is 276 g/mol. The summed E-state index contributed by atoms with van der Waals surface area (Å²) in [6.45, 7) is 4.37. The molecule has 0 saturated carbocycles. The van der Waals surface area contributed by atoms with Crippen molar-refractivity contribution in [3.63, 3.8) is 0 Å². The van der Waals surface area contributed by atoms with Crippen molar-refractivity contribution in [3.8, 4) is 22.5 Å². The molecule has 3 aromatic rings. The number of hydrogen-bond acceptors (Lipinski definition) is 1. The molecular formula is C19H20N2. The summed E-state index contributed by atoms with van der Waals surface area (Å²) < 4.78 is 1.96. The molecule has 0 aliphatic rings. The second-order valence-electron chi connectivity index (χ2n) is 5.40. The lowest BCUT2D eigenvalue weighted by Crippen LogP contribution is -1.95. The molecule has 0 radical (unpaired) electrons. The molecule has 0 spiro atoms. The summed E-state index contributed by atoms with van der Waals surface area (Å²) >= 11 is 0. The molecule has 0 amide bonds. The SMILES string of the molecule is CCc1cc(-c2cc(-c3ccccc3)nn2C)ccc1C. The predicted octanol–water partition coefficient (Wildman–Crippen LogP) is 4.62. The van der Waals surface area contributed by atoms with Gasteiger partial charge in [0.2, 0.25) is 0 Å². The highest BCUT2D eigenvalue weighted by Gasteiger charge is 2.10. The van der Waals surface area contributed by atoms with Crippen LogP contribution in [0.1, 0.15) is 18.1 Å². The van der Waals surface area contributed by atoms with Gasteiger partial charge in [-0.2, -0.15) is 5.10 Å². The van der Waals surface area contributed by atoms with E-state index >= 15 is 0 Å². The summed E-state index contributed by atoms with van der Waals surface area (Å²) in [5.74, 6) is 0. The second kappa shape index (κ2) is 5.57. The summed E-state index contributed by atoms with van der Waals surface area (Å²) in [5, 5.41) is 4.65. The summed E-state index contributed by atoms with van der Waals surface area (Å²) in [7, 11) is 2.01. The van der Waals surface area contributed by atoms with E-state index in [0.29, 0.717) is 0 Å². The highest BCUT2D eigenvalue weighted by Crippen LogP contribution is 2.27. The third kappa shape index (κ3) is 2.62. The van der Waals surface area contributed by atoms with Crippen molar-refractivity contribution >= 4 is 0 Å². The van der Waals surface area contributed by atoms with Gasteiger partial charge in [0.25, 0.3) is 0 Å². The predicted molar refractivity (Wildman–Crippen MR) is 88.2 cm³/mol. The number of aromatic nitrogens is 2. The Bertz CT molecular complexity index is 754. The molecule has 2 heteroatoms. The van der Waals surface area contributed by atoms with Crippen LogP contribution in [0.25, 0.3) is 22.5 Å². The first-order chi connectivity index (χ1) is 10.2. The fourth-order valence-corrected chi connectivity index (χ4v) is 2.70. The lowest BCUT2D eigenvalue weighted by atomic mass is 10.0. The van der Waals surface area contributed by atoms with Gasteiger partial charge in [-0.05, 0) is 36.6 Å². The van der Waals surface area contributed by atoms with Gasteiger partial charge in [0.15, 0.2) is 0 Å². The Morgan fingerprint density at radius 1 is 0.952 bits per heavy atom. The molecule has 1 aromatic heterocycles. The lowest BCUT2D eigenvalue weighted by Gasteiger charge is -2.07. The molecule has 21 heavy (non-hydrogen) atoms. The highest BCUT2D eigenvalue weighted by atomic mass is 15.3. The molecule has 0 saturated heterocycles. The van der Waals surface area contributed by atoms with Crippen LogP contribution in [0.2, 0.25) is 0 Å². The molecule has 0 N–H and O–H groups in total. The van der Waals surface area contributed by atoms with E-state index in [1.54, 1.807) is 0 Å². The Balaban J connectivity index is 2.06. The minimum Gasteiger partial charge on any atom is -0.267 e. The number of rotatable bonds is 3. The van der Waals surface area contributed by atoms with E-state index in [4.69, 9.17) is 0 Å². The fourth-order valence-electron chi connectivity index (χ4n) is 2.70. The van der Waals surface area contributed by atoms with Gasteiger partial charge in [0.05, 0.1) is 11.4 Å². The van der Waals surface area contributed by atoms with Crippen LogP contribution in [-0.4, -0.2) is 9.78 Å². The first kappa shape index (κ1) is 13.6. The molecule has 2 aromatic carbocycles. The first-order valence-electron chi connectivity index (χ1n) is 7.38. The third-order valence-corrected chi connectivity index (χ3v) is 3.98. The molecule has 1 heterocycles. The molecule has 3 rings (SSSR count). The maximum atomic E-state index is 4.65. The molecule has 106 valence electrons. The van der Waals surface area contributed by atoms with Gasteiger partial charge >= 0.3 is 0 Å². The molecule has 0 bridgehead atoms. The minimum absolute atomic E-state index is 1.02. The number of benzene rings is 2. The van der Waals surface area contributed by atoms with E-state index in [2.05, 4.69) is 55.3 Å². The summed E-state index contributed by atoms with van der Waals surface area (Å²) in [4.78, 5) is 0. The lowest BCUT2D eigenvalue weighted by molar-refractivity contribution is 0.779. The number of aryl methyl sites for hydroxylation is 3. The minimum atomic E-state index is 1.02. The maximum Gasteiger partial charge on any atom is 0.0929 e. The van der Waals surface area contributed by atoms with E-state index in [0.717, 1.165) is 23.4 Å². The second-order valence-corrected chi connectivity index (χ2v) is 5.40. The van der Waals surface area contributed by atoms with Crippen LogP contribution in [0, 0.1) is 6.92 Å². The van der Waals surface area contributed by atoms with Crippen LogP contribution in [0.15, 0.2) is 54.6 Å². The van der Waals surface area contributed by atoms with Crippen molar-refractivity contribution in [1.29, 1.82) is 0 Å². The Morgan fingerprint density at radius 3 is 2.43 bits per heavy atom. The Labute approximate surface area is 126 Å². The Kier molecular flexibility index (Phi) is 3.61. The van der Waals surface area contributed by atoms with Crippen molar-refractivity contribution in [2.24, 2.45) is 7.05 Å². The largest absolute Gasteiger partial charge is 0.267 e. The zero-order chi connectivity index (χ0) is 14.8. The van der Waals surface area contributed by atoms with Crippen molar-refractivity contribution in [2.75, 3.05) is 0 Å². The van der Waals surface area contributed by atoms with E-state index < -0.39 is 0 Å². The standard InChI is InChI=1S/C19H20N2/c1-4-15-12-17(11-10-14(15)2)19-13-18(20-21(19)3)16-8-6-5-7-9-16/h5-13H,4H2,1-3H3. The molecule has 2 nitrogen and oxygen atoms in total. The van der Waals surface area contributed by atoms with Gasteiger partial charge in [0.1, 0.15) is 0 Å². The van der Waals surface area contributed by atoms with Crippen LogP contribution in [0.3, 0.4) is 0 Å². The van der Waals surface area contributed by atoms with Gasteiger partial charge < -0.3 is 0 Å². The van der Waals surface area contributed by atoms with E-state index in [9.17, 15) is 0 Å². The Morgan fingerprint density at radius 2 is 1.71 bits per heavy atom. The molecule has 0 aliphatic carbocycles. The molecule has 0 fully saturated rings. The fraction of sp³-hybridized carbons (Fsp3) is 0.211. The maximum absolute atomic E-state index is 4.65. The van der Waals surface area contributed by atoms with Crippen LogP contribution >= 0.6 is 0 Å². The summed E-state index contributed by atoms with van der Waals surface area (Å²) in [6.07, 6.45) is 1.06. The topological polar surface area (TPSA) is 17.8 Å². The van der Waals surface area contributed by atoms with Crippen LogP contribution in [0.5, 0.6) is 0 Å². The first-order valence-corrected chi connectivity index (χ1v) is 7.38. The smallest absolute Gasteiger partial charge is 0.0929 e. The Hall–Kier alpha value is -2.35. The van der Waals surface area contributed by atoms with Gasteiger partial charge in [-0.1, -0.05) is 49.4 Å². The highest BCUT2D eigenvalue weighted by molar-refractivity contribution is 5.69. The normalized spacial score (nSPS) is 10.8. The van der Waals surface area contributed by atoms with Gasteiger partial charge in [-0.25, -0.2) is 0 Å². The van der Waals surface area contributed by atoms with E-state index in [1.165, 1.54) is 16.7 Å². The van der Waals surface area contributed by atoms with Gasteiger partial charge in [-0.3, -0.25) is 4.68 Å². The van der Waals surface area contributed by atoms with Crippen LogP contribution < -0.4 is 0 Å². The van der Waals surface area contributed by atoms with Crippen molar-refractivity contribution in [1.82, 2.24) is 9.78 Å². The quantitative estimate of drug-likeness (QED) is 0.682. The van der Waals surface area contributed by atoms with Gasteiger partial charge in [0, 0.05) is 18.2 Å². The molecular weight excluding hydrogens is 256 g/mol. The van der Waals surface area contributed by atoms with Crippen molar-refractivity contribution in [2.45, 2.75) is 20.3 Å². The van der Waals surface area contributed by atoms with E-state index in [1.807, 2.05) is 29.9 Å². The molecule has 0 atom stereocenters. The average Bonchev–Trinajstić information content (AvgIpc) is 2.91. The van der Waals surface area contributed by atoms with Gasteiger partial charge in [-0.15, -0.1) is 0 Å². The van der Waals surface area contributed by atoms with Crippen molar-refractivity contribution in [3.05, 3.63) is 65.7 Å². The summed E-state index contributed by atoms with van der Waals surface area (Å²) in [5.41, 5.74) is 7.31. The zero-order valence-corrected chi connectivity index (χ0v) is 12.8. The van der Waals surface area contributed by atoms with Crippen molar-refractivity contribution < 1.29 is 0 Å². The van der Waals surface area contributed by atoms with E-state index in [-0.39, 0.29) is 0 Å². The van der Waals surface area contributed by atoms with Crippen LogP contribution in [0.4, 0.5) is 0 Å². The molecule has 0 aliphatic heterocycles. The third-order valence-electron chi connectivity index (χ3n) is 3.98. The summed E-state index contributed by atoms with van der Waals surface area (Å²) in [6, 6.07) is 19.1. The number of hydrogen-bond donors (Lipinski definition) is 0. The zero-order valence-electron chi connectivity index (χ0n) is 12.8. The molecule has 0 unspecified atom stereocenters. The number of nitrogens with zero attached hydrogens (tertiary/aromatic N) is 2. The van der Waals surface area contributed by atoms with Crippen LogP contribution in [-0.2, 0) is 13.5 Å².